The lowest BCUT2D eigenvalue weighted by Crippen LogP contribution is -2.75. The van der Waals surface area contributed by atoms with E-state index in [-0.39, 0.29) is 0 Å². The number of imidazole rings is 2. The zero-order valence-corrected chi connectivity index (χ0v) is 32.6. The van der Waals surface area contributed by atoms with Crippen LogP contribution in [-0.4, -0.2) is 30.1 Å². The summed E-state index contributed by atoms with van der Waals surface area (Å²) in [5.74, 6) is 0.917. The first kappa shape index (κ1) is 33.1. The summed E-state index contributed by atoms with van der Waals surface area (Å²) in [6.07, 6.45) is 0. The van der Waals surface area contributed by atoms with E-state index in [1.54, 1.807) is 0 Å². The Balaban J connectivity index is 1.29. The molecule has 0 spiro atoms. The fourth-order valence-electron chi connectivity index (χ4n) is 8.95. The third kappa shape index (κ3) is 5.19. The SMILES string of the molecule is C[Si](c1ccccc1)(c1ccccc1)c1cccc([Si](c2ccccc2)(c2ccccc2)c2ccc3nc4n(-c5ccccc5)c5ccccc5n4c3c2)c1. The van der Waals surface area contributed by atoms with Gasteiger partial charge in [-0.2, -0.15) is 0 Å². The molecule has 0 aliphatic heterocycles. The van der Waals surface area contributed by atoms with E-state index in [1.165, 1.54) is 36.3 Å². The zero-order valence-electron chi connectivity index (χ0n) is 30.6. The third-order valence-electron chi connectivity index (χ3n) is 11.6. The van der Waals surface area contributed by atoms with Crippen LogP contribution < -0.4 is 36.3 Å². The molecule has 0 aliphatic rings. The Morgan fingerprint density at radius 3 is 1.40 bits per heavy atom. The molecule has 0 bridgehead atoms. The molecule has 0 fully saturated rings. The average molecular weight is 738 g/mol. The number of aromatic nitrogens is 3. The summed E-state index contributed by atoms with van der Waals surface area (Å²) in [5, 5.41) is 9.63. The largest absolute Gasteiger partial charge is 0.278 e. The Morgan fingerprint density at radius 2 is 0.818 bits per heavy atom. The van der Waals surface area contributed by atoms with Gasteiger partial charge in [-0.3, -0.25) is 8.97 Å². The summed E-state index contributed by atoms with van der Waals surface area (Å²) in [6, 6.07) is 80.9. The van der Waals surface area contributed by atoms with Crippen LogP contribution in [0.3, 0.4) is 0 Å². The van der Waals surface area contributed by atoms with Gasteiger partial charge in [0.25, 0.3) is 0 Å². The molecule has 0 saturated heterocycles. The first-order chi connectivity index (χ1) is 27.2. The maximum atomic E-state index is 5.33. The van der Waals surface area contributed by atoms with Crippen LogP contribution >= 0.6 is 0 Å². The Morgan fingerprint density at radius 1 is 0.364 bits per heavy atom. The van der Waals surface area contributed by atoms with Crippen molar-refractivity contribution in [3.63, 3.8) is 0 Å². The van der Waals surface area contributed by atoms with Crippen molar-refractivity contribution in [2.45, 2.75) is 6.55 Å². The predicted molar refractivity (Wildman–Crippen MR) is 237 cm³/mol. The standard InChI is InChI=1S/C50H39N3Si2/c1-54(39-22-9-3-10-23-39,40-24-11-4-12-25-40)43-30-19-31-44(36-43)55(41-26-13-5-14-27-41,42-28-15-6-16-29-42)45-34-35-46-49(37-45)53-48-33-18-17-32-47(48)52(50(53)51-46)38-20-7-2-8-21-38/h2-37H,1H3. The smallest absolute Gasteiger partial charge is 0.220 e. The summed E-state index contributed by atoms with van der Waals surface area (Å²) in [4.78, 5) is 5.33. The minimum absolute atomic E-state index is 0.917. The van der Waals surface area contributed by atoms with E-state index in [9.17, 15) is 0 Å². The topological polar surface area (TPSA) is 22.2 Å². The summed E-state index contributed by atoms with van der Waals surface area (Å²) in [6.45, 7) is 2.52. The van der Waals surface area contributed by atoms with E-state index >= 15 is 0 Å². The summed E-state index contributed by atoms with van der Waals surface area (Å²) >= 11 is 0. The Hall–Kier alpha value is -6.54. The highest BCUT2D eigenvalue weighted by Gasteiger charge is 2.43. The minimum atomic E-state index is -2.94. The van der Waals surface area contributed by atoms with Crippen LogP contribution in [0.4, 0.5) is 0 Å². The number of hydrogen-bond acceptors (Lipinski definition) is 1. The van der Waals surface area contributed by atoms with E-state index in [4.69, 9.17) is 4.98 Å². The fourth-order valence-corrected chi connectivity index (χ4v) is 17.5. The molecule has 262 valence electrons. The van der Waals surface area contributed by atoms with Crippen molar-refractivity contribution in [1.82, 2.24) is 14.0 Å². The quantitative estimate of drug-likeness (QED) is 0.123. The molecule has 10 rings (SSSR count). The third-order valence-corrected chi connectivity index (χ3v) is 20.8. The van der Waals surface area contributed by atoms with E-state index in [0.29, 0.717) is 0 Å². The number of hydrogen-bond donors (Lipinski definition) is 0. The Labute approximate surface area is 323 Å². The number of fused-ring (bicyclic) bond motifs is 5. The molecule has 0 amide bonds. The molecule has 5 heteroatoms. The summed E-state index contributed by atoms with van der Waals surface area (Å²) < 4.78 is 4.65. The normalized spacial score (nSPS) is 12.1. The van der Waals surface area contributed by atoms with Crippen LogP contribution in [0.2, 0.25) is 6.55 Å². The molecule has 0 radical (unpaired) electrons. The lowest BCUT2D eigenvalue weighted by molar-refractivity contribution is 1.11. The molecule has 0 atom stereocenters. The molecule has 55 heavy (non-hydrogen) atoms. The maximum absolute atomic E-state index is 5.33. The van der Waals surface area contributed by atoms with Gasteiger partial charge in [-0.05, 0) is 72.7 Å². The molecule has 0 N–H and O–H groups in total. The van der Waals surface area contributed by atoms with Gasteiger partial charge in [0.15, 0.2) is 8.07 Å². The first-order valence-electron chi connectivity index (χ1n) is 19.0. The van der Waals surface area contributed by atoms with Crippen LogP contribution in [0.5, 0.6) is 0 Å². The van der Waals surface area contributed by atoms with Crippen LogP contribution in [0.15, 0.2) is 218 Å². The van der Waals surface area contributed by atoms with E-state index in [2.05, 4.69) is 234 Å². The summed E-state index contributed by atoms with van der Waals surface area (Å²) in [7, 11) is -5.35. The highest BCUT2D eigenvalue weighted by Crippen LogP contribution is 2.29. The van der Waals surface area contributed by atoms with Crippen molar-refractivity contribution in [2.75, 3.05) is 0 Å². The van der Waals surface area contributed by atoms with Crippen molar-refractivity contribution in [2.24, 2.45) is 0 Å². The van der Waals surface area contributed by atoms with E-state index < -0.39 is 16.1 Å². The van der Waals surface area contributed by atoms with Gasteiger partial charge in [0.1, 0.15) is 8.07 Å². The van der Waals surface area contributed by atoms with Gasteiger partial charge >= 0.3 is 0 Å². The highest BCUT2D eigenvalue weighted by molar-refractivity contribution is 7.20. The first-order valence-corrected chi connectivity index (χ1v) is 23.5. The molecular formula is C50H39N3Si2. The molecule has 10 aromatic rings. The number of benzene rings is 8. The molecule has 0 unspecified atom stereocenters. The average Bonchev–Trinajstić information content (AvgIpc) is 3.80. The van der Waals surface area contributed by atoms with Gasteiger partial charge in [0.2, 0.25) is 5.78 Å². The lowest BCUT2D eigenvalue weighted by Gasteiger charge is -2.36. The van der Waals surface area contributed by atoms with Crippen LogP contribution in [-0.2, 0) is 0 Å². The molecule has 2 aromatic heterocycles. The van der Waals surface area contributed by atoms with Gasteiger partial charge in [-0.1, -0.05) is 189 Å². The molecule has 8 aromatic carbocycles. The van der Waals surface area contributed by atoms with Crippen LogP contribution in [0.1, 0.15) is 0 Å². The van der Waals surface area contributed by atoms with Crippen molar-refractivity contribution >= 4 is 80.3 Å². The van der Waals surface area contributed by atoms with E-state index in [0.717, 1.165) is 33.5 Å². The second-order valence-electron chi connectivity index (χ2n) is 14.5. The van der Waals surface area contributed by atoms with Crippen molar-refractivity contribution in [1.29, 1.82) is 0 Å². The van der Waals surface area contributed by atoms with Crippen LogP contribution in [0.25, 0.3) is 33.5 Å². The molecule has 3 nitrogen and oxygen atoms in total. The molecule has 0 saturated carbocycles. The highest BCUT2D eigenvalue weighted by atomic mass is 28.3. The molecular weight excluding hydrogens is 699 g/mol. The second-order valence-corrected chi connectivity index (χ2v) is 22.3. The van der Waals surface area contributed by atoms with Crippen LogP contribution in [0, 0.1) is 0 Å². The summed E-state index contributed by atoms with van der Waals surface area (Å²) in [5.41, 5.74) is 5.48. The molecule has 0 aliphatic carbocycles. The van der Waals surface area contributed by atoms with Gasteiger partial charge < -0.3 is 0 Å². The van der Waals surface area contributed by atoms with Gasteiger partial charge in [0.05, 0.1) is 22.1 Å². The lowest BCUT2D eigenvalue weighted by atomic mass is 10.2. The number of nitrogens with zero attached hydrogens (tertiary/aromatic N) is 3. The minimum Gasteiger partial charge on any atom is -0.278 e. The van der Waals surface area contributed by atoms with Crippen molar-refractivity contribution < 1.29 is 0 Å². The van der Waals surface area contributed by atoms with E-state index in [1.807, 2.05) is 0 Å². The number of rotatable bonds is 8. The van der Waals surface area contributed by atoms with Crippen molar-refractivity contribution in [3.8, 4) is 5.69 Å². The van der Waals surface area contributed by atoms with Crippen molar-refractivity contribution in [3.05, 3.63) is 218 Å². The maximum Gasteiger partial charge on any atom is 0.220 e. The Kier molecular flexibility index (Phi) is 8.05. The second kappa shape index (κ2) is 13.4. The molecule has 2 heterocycles. The van der Waals surface area contributed by atoms with Gasteiger partial charge in [0, 0.05) is 5.69 Å². The monoisotopic (exact) mass is 737 g/mol. The zero-order chi connectivity index (χ0) is 36.8. The van der Waals surface area contributed by atoms with Gasteiger partial charge in [-0.15, -0.1) is 0 Å². The Bertz CT molecular complexity index is 2840. The predicted octanol–water partition coefficient (Wildman–Crippen LogP) is 6.91. The fraction of sp³-hybridized carbons (Fsp3) is 0.0200. The number of para-hydroxylation sites is 3. The van der Waals surface area contributed by atoms with Gasteiger partial charge in [-0.25, -0.2) is 4.98 Å².